The zero-order valence-electron chi connectivity index (χ0n) is 11.6. The summed E-state index contributed by atoms with van der Waals surface area (Å²) in [6.45, 7) is 6.11. The Kier molecular flexibility index (Phi) is 4.43. The van der Waals surface area contributed by atoms with Crippen molar-refractivity contribution in [3.05, 3.63) is 29.3 Å². The van der Waals surface area contributed by atoms with E-state index < -0.39 is 5.97 Å². The van der Waals surface area contributed by atoms with Crippen molar-refractivity contribution in [1.82, 2.24) is 4.90 Å². The Hall–Kier alpha value is -1.55. The lowest BCUT2D eigenvalue weighted by molar-refractivity contribution is -0.142. The molecule has 1 heterocycles. The molecule has 104 valence electrons. The van der Waals surface area contributed by atoms with Crippen LogP contribution in [0.3, 0.4) is 0 Å². The Labute approximate surface area is 114 Å². The number of carboxylic acid groups (broad SMARTS) is 1. The Morgan fingerprint density at radius 1 is 1.47 bits per heavy atom. The number of aliphatic carboxylic acids is 1. The molecule has 0 radical (unpaired) electrons. The summed E-state index contributed by atoms with van der Waals surface area (Å²) in [5.41, 5.74) is 2.28. The Bertz CT molecular complexity index is 459. The lowest BCUT2D eigenvalue weighted by atomic mass is 10.1. The molecule has 0 aliphatic carbocycles. The van der Waals surface area contributed by atoms with Crippen molar-refractivity contribution in [2.24, 2.45) is 0 Å². The standard InChI is InChI=1S/C15H21NO3/c1-11-5-6-12(2)14(10-11)19-9-8-16-7-3-4-13(16)15(17)18/h5-6,10,13H,3-4,7-9H2,1-2H3,(H,17,18)/t13-/m0/s1. The zero-order chi connectivity index (χ0) is 13.8. The minimum absolute atomic E-state index is 0.331. The first-order valence-corrected chi connectivity index (χ1v) is 6.75. The van der Waals surface area contributed by atoms with E-state index in [0.717, 1.165) is 30.7 Å². The first kappa shape index (κ1) is 13.9. The number of carbonyl (C=O) groups is 1. The molecular weight excluding hydrogens is 242 g/mol. The van der Waals surface area contributed by atoms with Gasteiger partial charge in [0.25, 0.3) is 0 Å². The maximum absolute atomic E-state index is 11.1. The molecule has 0 spiro atoms. The summed E-state index contributed by atoms with van der Waals surface area (Å²) in [5, 5.41) is 9.10. The number of nitrogens with zero attached hydrogens (tertiary/aromatic N) is 1. The summed E-state index contributed by atoms with van der Waals surface area (Å²) < 4.78 is 5.77. The van der Waals surface area contributed by atoms with Crippen LogP contribution < -0.4 is 4.74 Å². The van der Waals surface area contributed by atoms with E-state index in [1.807, 2.05) is 30.9 Å². The maximum atomic E-state index is 11.1. The van der Waals surface area contributed by atoms with Crippen LogP contribution in [0, 0.1) is 13.8 Å². The Morgan fingerprint density at radius 3 is 3.00 bits per heavy atom. The van der Waals surface area contributed by atoms with Gasteiger partial charge >= 0.3 is 5.97 Å². The Morgan fingerprint density at radius 2 is 2.26 bits per heavy atom. The molecule has 0 bridgehead atoms. The van der Waals surface area contributed by atoms with Crippen LogP contribution in [0.25, 0.3) is 0 Å². The average Bonchev–Trinajstić information content (AvgIpc) is 2.82. The van der Waals surface area contributed by atoms with Crippen LogP contribution in [0.4, 0.5) is 0 Å². The number of hydrogen-bond donors (Lipinski definition) is 1. The smallest absolute Gasteiger partial charge is 0.320 e. The topological polar surface area (TPSA) is 49.8 Å². The van der Waals surface area contributed by atoms with E-state index in [4.69, 9.17) is 9.84 Å². The molecule has 0 amide bonds. The van der Waals surface area contributed by atoms with Gasteiger partial charge in [-0.1, -0.05) is 12.1 Å². The summed E-state index contributed by atoms with van der Waals surface area (Å²) in [5.74, 6) is 0.176. The van der Waals surface area contributed by atoms with Crippen molar-refractivity contribution < 1.29 is 14.6 Å². The van der Waals surface area contributed by atoms with Gasteiger partial charge in [-0.15, -0.1) is 0 Å². The molecule has 1 saturated heterocycles. The predicted molar refractivity (Wildman–Crippen MR) is 73.6 cm³/mol. The van der Waals surface area contributed by atoms with E-state index >= 15 is 0 Å². The van der Waals surface area contributed by atoms with Crippen LogP contribution >= 0.6 is 0 Å². The number of ether oxygens (including phenoxy) is 1. The molecule has 1 aliphatic heterocycles. The minimum Gasteiger partial charge on any atom is -0.492 e. The van der Waals surface area contributed by atoms with Crippen molar-refractivity contribution in [1.29, 1.82) is 0 Å². The second kappa shape index (κ2) is 6.06. The van der Waals surface area contributed by atoms with Crippen molar-refractivity contribution in [3.8, 4) is 5.75 Å². The van der Waals surface area contributed by atoms with Gasteiger partial charge in [0.05, 0.1) is 0 Å². The molecule has 2 rings (SSSR count). The number of aryl methyl sites for hydroxylation is 2. The molecule has 19 heavy (non-hydrogen) atoms. The van der Waals surface area contributed by atoms with Gasteiger partial charge in [0.2, 0.25) is 0 Å². The molecule has 1 aromatic carbocycles. The summed E-state index contributed by atoms with van der Waals surface area (Å²) in [6, 6.07) is 5.79. The number of carboxylic acids is 1. The van der Waals surface area contributed by atoms with Gasteiger partial charge in [0.1, 0.15) is 18.4 Å². The predicted octanol–water partition coefficient (Wildman–Crippen LogP) is 2.23. The molecule has 1 N–H and O–H groups in total. The molecule has 4 nitrogen and oxygen atoms in total. The largest absolute Gasteiger partial charge is 0.492 e. The number of rotatable bonds is 5. The van der Waals surface area contributed by atoms with Gasteiger partial charge in [0, 0.05) is 6.54 Å². The third-order valence-electron chi connectivity index (χ3n) is 3.63. The molecule has 1 aliphatic rings. The zero-order valence-corrected chi connectivity index (χ0v) is 11.6. The fraction of sp³-hybridized carbons (Fsp3) is 0.533. The van der Waals surface area contributed by atoms with Crippen LogP contribution in [0.1, 0.15) is 24.0 Å². The first-order valence-electron chi connectivity index (χ1n) is 6.75. The van der Waals surface area contributed by atoms with Crippen molar-refractivity contribution in [2.75, 3.05) is 19.7 Å². The van der Waals surface area contributed by atoms with Crippen molar-refractivity contribution >= 4 is 5.97 Å². The van der Waals surface area contributed by atoms with Crippen molar-refractivity contribution in [3.63, 3.8) is 0 Å². The number of likely N-dealkylation sites (tertiary alicyclic amines) is 1. The highest BCUT2D eigenvalue weighted by Gasteiger charge is 2.29. The lowest BCUT2D eigenvalue weighted by Crippen LogP contribution is -2.38. The maximum Gasteiger partial charge on any atom is 0.320 e. The molecule has 4 heteroatoms. The highest BCUT2D eigenvalue weighted by Crippen LogP contribution is 2.20. The van der Waals surface area contributed by atoms with E-state index in [2.05, 4.69) is 6.07 Å². The van der Waals surface area contributed by atoms with Crippen LogP contribution in [-0.2, 0) is 4.79 Å². The summed E-state index contributed by atoms with van der Waals surface area (Å²) in [6.07, 6.45) is 1.71. The van der Waals surface area contributed by atoms with Crippen LogP contribution in [0.2, 0.25) is 0 Å². The van der Waals surface area contributed by atoms with Gasteiger partial charge in [-0.05, 0) is 50.4 Å². The lowest BCUT2D eigenvalue weighted by Gasteiger charge is -2.21. The summed E-state index contributed by atoms with van der Waals surface area (Å²) >= 11 is 0. The third kappa shape index (κ3) is 3.47. The molecular formula is C15H21NO3. The normalized spacial score (nSPS) is 19.6. The molecule has 1 aromatic rings. The molecule has 0 saturated carbocycles. The quantitative estimate of drug-likeness (QED) is 0.885. The summed E-state index contributed by atoms with van der Waals surface area (Å²) in [7, 11) is 0. The van der Waals surface area contributed by atoms with E-state index in [1.54, 1.807) is 0 Å². The highest BCUT2D eigenvalue weighted by atomic mass is 16.5. The van der Waals surface area contributed by atoms with E-state index in [9.17, 15) is 4.79 Å². The van der Waals surface area contributed by atoms with Crippen LogP contribution in [0.15, 0.2) is 18.2 Å². The van der Waals surface area contributed by atoms with Gasteiger partial charge in [0.15, 0.2) is 0 Å². The van der Waals surface area contributed by atoms with Gasteiger partial charge < -0.3 is 9.84 Å². The van der Waals surface area contributed by atoms with Crippen LogP contribution in [0.5, 0.6) is 5.75 Å². The van der Waals surface area contributed by atoms with Gasteiger partial charge in [-0.3, -0.25) is 9.69 Å². The van der Waals surface area contributed by atoms with Gasteiger partial charge in [-0.2, -0.15) is 0 Å². The second-order valence-electron chi connectivity index (χ2n) is 5.15. The molecule has 1 fully saturated rings. The van der Waals surface area contributed by atoms with Gasteiger partial charge in [-0.25, -0.2) is 0 Å². The SMILES string of the molecule is Cc1ccc(C)c(OCCN2CCC[C@H]2C(=O)O)c1. The third-order valence-corrected chi connectivity index (χ3v) is 3.63. The highest BCUT2D eigenvalue weighted by molar-refractivity contribution is 5.73. The molecule has 0 aromatic heterocycles. The van der Waals surface area contributed by atoms with Crippen LogP contribution in [-0.4, -0.2) is 41.7 Å². The average molecular weight is 263 g/mol. The van der Waals surface area contributed by atoms with Crippen molar-refractivity contribution in [2.45, 2.75) is 32.7 Å². The first-order chi connectivity index (χ1) is 9.08. The Balaban J connectivity index is 1.86. The second-order valence-corrected chi connectivity index (χ2v) is 5.15. The summed E-state index contributed by atoms with van der Waals surface area (Å²) in [4.78, 5) is 13.1. The van der Waals surface area contributed by atoms with E-state index in [0.29, 0.717) is 13.2 Å². The molecule has 0 unspecified atom stereocenters. The van der Waals surface area contributed by atoms with E-state index in [1.165, 1.54) is 5.56 Å². The fourth-order valence-electron chi connectivity index (χ4n) is 2.51. The number of benzene rings is 1. The fourth-order valence-corrected chi connectivity index (χ4v) is 2.51. The minimum atomic E-state index is -0.718. The monoisotopic (exact) mass is 263 g/mol. The van der Waals surface area contributed by atoms with E-state index in [-0.39, 0.29) is 6.04 Å². The number of hydrogen-bond acceptors (Lipinski definition) is 3. The molecule has 1 atom stereocenters.